The highest BCUT2D eigenvalue weighted by Gasteiger charge is 2.23. The molecule has 0 radical (unpaired) electrons. The van der Waals surface area contributed by atoms with Crippen LogP contribution in [-0.4, -0.2) is 25.1 Å². The third kappa shape index (κ3) is 3.70. The summed E-state index contributed by atoms with van der Waals surface area (Å²) >= 11 is 12.0. The van der Waals surface area contributed by atoms with E-state index in [2.05, 4.69) is 9.71 Å². The van der Waals surface area contributed by atoms with Crippen LogP contribution in [0.2, 0.25) is 10.3 Å². The van der Waals surface area contributed by atoms with Gasteiger partial charge in [-0.1, -0.05) is 23.2 Å². The van der Waals surface area contributed by atoms with E-state index in [0.717, 1.165) is 5.56 Å². The summed E-state index contributed by atoms with van der Waals surface area (Å²) in [5.41, 5.74) is 3.19. The van der Waals surface area contributed by atoms with E-state index in [1.807, 2.05) is 6.92 Å². The average Bonchev–Trinajstić information content (AvgIpc) is 2.97. The van der Waals surface area contributed by atoms with Crippen molar-refractivity contribution in [1.29, 1.82) is 0 Å². The van der Waals surface area contributed by atoms with Gasteiger partial charge in [0.05, 0.1) is 12.0 Å². The molecule has 9 heteroatoms. The number of nitrogens with one attached hydrogen (secondary N) is 1. The molecule has 1 N–H and O–H groups in total. The van der Waals surface area contributed by atoms with Gasteiger partial charge in [0, 0.05) is 11.4 Å². The van der Waals surface area contributed by atoms with Crippen LogP contribution in [0.25, 0.3) is 5.69 Å². The molecule has 3 rings (SSSR count). The summed E-state index contributed by atoms with van der Waals surface area (Å²) in [6.07, 6.45) is 1.50. The monoisotopic (exact) mass is 439 g/mol. The fourth-order valence-corrected chi connectivity index (χ4v) is 4.95. The van der Waals surface area contributed by atoms with Crippen molar-refractivity contribution in [3.05, 3.63) is 63.7 Å². The van der Waals surface area contributed by atoms with E-state index in [0.29, 0.717) is 28.3 Å². The van der Waals surface area contributed by atoms with E-state index in [1.165, 1.54) is 6.33 Å². The number of aromatic nitrogens is 2. The number of anilines is 1. The number of benzene rings is 2. The molecular formula is C19H19Cl2N3O3S. The van der Waals surface area contributed by atoms with Crippen LogP contribution < -0.4 is 9.46 Å². The van der Waals surface area contributed by atoms with Crippen LogP contribution in [0.5, 0.6) is 5.75 Å². The van der Waals surface area contributed by atoms with Gasteiger partial charge in [-0.2, -0.15) is 0 Å². The predicted octanol–water partition coefficient (Wildman–Crippen LogP) is 4.91. The molecule has 1 heterocycles. The van der Waals surface area contributed by atoms with Gasteiger partial charge in [-0.05, 0) is 67.8 Å². The second kappa shape index (κ2) is 7.66. The number of hydrogen-bond acceptors (Lipinski definition) is 4. The van der Waals surface area contributed by atoms with Crippen molar-refractivity contribution in [1.82, 2.24) is 9.55 Å². The van der Waals surface area contributed by atoms with Crippen LogP contribution in [-0.2, 0) is 10.0 Å². The van der Waals surface area contributed by atoms with Crippen molar-refractivity contribution in [3.63, 3.8) is 0 Å². The Morgan fingerprint density at radius 2 is 1.71 bits per heavy atom. The molecule has 0 fully saturated rings. The van der Waals surface area contributed by atoms with Crippen LogP contribution in [0.15, 0.2) is 41.6 Å². The number of nitrogens with zero attached hydrogens (tertiary/aromatic N) is 2. The first kappa shape index (κ1) is 20.5. The molecule has 0 bridgehead atoms. The van der Waals surface area contributed by atoms with Crippen molar-refractivity contribution in [2.75, 3.05) is 11.8 Å². The minimum absolute atomic E-state index is 0.201. The van der Waals surface area contributed by atoms with Crippen LogP contribution in [0.3, 0.4) is 0 Å². The van der Waals surface area contributed by atoms with Crippen molar-refractivity contribution < 1.29 is 13.2 Å². The first-order valence-electron chi connectivity index (χ1n) is 8.32. The second-order valence-electron chi connectivity index (χ2n) is 6.32. The van der Waals surface area contributed by atoms with E-state index in [9.17, 15) is 8.42 Å². The highest BCUT2D eigenvalue weighted by Crippen LogP contribution is 2.32. The second-order valence-corrected chi connectivity index (χ2v) is 8.66. The lowest BCUT2D eigenvalue weighted by atomic mass is 10.1. The topological polar surface area (TPSA) is 73.2 Å². The molecular weight excluding hydrogens is 421 g/mol. The molecule has 148 valence electrons. The van der Waals surface area contributed by atoms with Gasteiger partial charge in [0.2, 0.25) is 0 Å². The Bertz CT molecular complexity index is 1140. The van der Waals surface area contributed by atoms with Gasteiger partial charge in [-0.25, -0.2) is 13.4 Å². The number of methoxy groups -OCH3 is 1. The summed E-state index contributed by atoms with van der Waals surface area (Å²) in [7, 11) is -2.21. The predicted molar refractivity (Wildman–Crippen MR) is 112 cm³/mol. The average molecular weight is 440 g/mol. The lowest BCUT2D eigenvalue weighted by Gasteiger charge is -2.17. The minimum atomic E-state index is -3.78. The summed E-state index contributed by atoms with van der Waals surface area (Å²) < 4.78 is 35.5. The minimum Gasteiger partial charge on any atom is -0.496 e. The molecule has 0 aliphatic carbocycles. The van der Waals surface area contributed by atoms with Gasteiger partial charge in [-0.3, -0.25) is 9.29 Å². The van der Waals surface area contributed by atoms with E-state index >= 15 is 0 Å². The molecule has 3 aromatic rings. The molecule has 0 saturated heterocycles. The molecule has 0 saturated carbocycles. The Balaban J connectivity index is 1.93. The number of imidazole rings is 1. The molecule has 0 atom stereocenters. The maximum absolute atomic E-state index is 13.0. The zero-order chi connectivity index (χ0) is 20.6. The van der Waals surface area contributed by atoms with Crippen LogP contribution >= 0.6 is 23.2 Å². The molecule has 28 heavy (non-hydrogen) atoms. The van der Waals surface area contributed by atoms with Gasteiger partial charge in [0.15, 0.2) is 10.3 Å². The largest absolute Gasteiger partial charge is 0.496 e. The van der Waals surface area contributed by atoms with Gasteiger partial charge in [0.25, 0.3) is 10.0 Å². The number of halogens is 2. The quantitative estimate of drug-likeness (QED) is 0.612. The highest BCUT2D eigenvalue weighted by molar-refractivity contribution is 7.92. The van der Waals surface area contributed by atoms with Gasteiger partial charge < -0.3 is 4.74 Å². The summed E-state index contributed by atoms with van der Waals surface area (Å²) in [6.45, 7) is 5.35. The number of sulfonamides is 1. The van der Waals surface area contributed by atoms with Crippen LogP contribution in [0, 0.1) is 20.8 Å². The van der Waals surface area contributed by atoms with Crippen LogP contribution in [0.1, 0.15) is 16.7 Å². The maximum atomic E-state index is 13.0. The molecule has 0 aliphatic heterocycles. The van der Waals surface area contributed by atoms with E-state index in [1.54, 1.807) is 55.9 Å². The summed E-state index contributed by atoms with van der Waals surface area (Å²) in [6, 6.07) is 8.47. The summed E-state index contributed by atoms with van der Waals surface area (Å²) in [5, 5.41) is 0.488. The molecule has 6 nitrogen and oxygen atoms in total. The number of ether oxygens (including phenoxy) is 1. The fraction of sp³-hybridized carbons (Fsp3) is 0.211. The first-order chi connectivity index (χ1) is 13.2. The Morgan fingerprint density at radius 1 is 1.07 bits per heavy atom. The third-order valence-corrected chi connectivity index (χ3v) is 6.94. The standard InChI is InChI=1S/C19H19Cl2N3O3S/c1-11-9-16(27-4)12(2)13(3)17(11)28(25,26)23-14-5-7-15(8-6-14)24-10-22-18(20)19(24)21/h5-10,23H,1-4H3. The van der Waals surface area contributed by atoms with E-state index in [4.69, 9.17) is 27.9 Å². The summed E-state index contributed by atoms with van der Waals surface area (Å²) in [5.74, 6) is 0.661. The van der Waals surface area contributed by atoms with Gasteiger partial charge >= 0.3 is 0 Å². The van der Waals surface area contributed by atoms with Crippen molar-refractivity contribution in [2.45, 2.75) is 25.7 Å². The Morgan fingerprint density at radius 3 is 2.25 bits per heavy atom. The lowest BCUT2D eigenvalue weighted by Crippen LogP contribution is -2.16. The zero-order valence-corrected chi connectivity index (χ0v) is 18.1. The van der Waals surface area contributed by atoms with Crippen molar-refractivity contribution >= 4 is 38.9 Å². The molecule has 2 aromatic carbocycles. The number of aryl methyl sites for hydroxylation is 1. The number of hydrogen-bond donors (Lipinski definition) is 1. The Hall–Kier alpha value is -2.22. The maximum Gasteiger partial charge on any atom is 0.262 e. The molecule has 0 spiro atoms. The van der Waals surface area contributed by atoms with Crippen molar-refractivity contribution in [2.24, 2.45) is 0 Å². The van der Waals surface area contributed by atoms with Crippen molar-refractivity contribution in [3.8, 4) is 11.4 Å². The fourth-order valence-electron chi connectivity index (χ4n) is 3.03. The lowest BCUT2D eigenvalue weighted by molar-refractivity contribution is 0.410. The smallest absolute Gasteiger partial charge is 0.262 e. The van der Waals surface area contributed by atoms with Gasteiger partial charge in [0.1, 0.15) is 12.1 Å². The van der Waals surface area contributed by atoms with Crippen LogP contribution in [0.4, 0.5) is 5.69 Å². The molecule has 0 amide bonds. The van der Waals surface area contributed by atoms with E-state index in [-0.39, 0.29) is 15.2 Å². The zero-order valence-electron chi connectivity index (χ0n) is 15.7. The first-order valence-corrected chi connectivity index (χ1v) is 10.6. The third-order valence-electron chi connectivity index (χ3n) is 4.53. The number of rotatable bonds is 5. The molecule has 0 aliphatic rings. The molecule has 1 aromatic heterocycles. The summed E-state index contributed by atoms with van der Waals surface area (Å²) in [4.78, 5) is 4.18. The highest BCUT2D eigenvalue weighted by atomic mass is 35.5. The van der Waals surface area contributed by atoms with Gasteiger partial charge in [-0.15, -0.1) is 0 Å². The Kier molecular flexibility index (Phi) is 5.61. The molecule has 0 unspecified atom stereocenters. The van der Waals surface area contributed by atoms with E-state index < -0.39 is 10.0 Å². The SMILES string of the molecule is COc1cc(C)c(S(=O)(=O)Nc2ccc(-n3cnc(Cl)c3Cl)cc2)c(C)c1C. The normalized spacial score (nSPS) is 11.5. The Labute approximate surface area is 174 Å².